The predicted octanol–water partition coefficient (Wildman–Crippen LogP) is 2.34. The summed E-state index contributed by atoms with van der Waals surface area (Å²) >= 11 is 0. The third-order valence-electron chi connectivity index (χ3n) is 5.45. The van der Waals surface area contributed by atoms with E-state index in [1.807, 2.05) is 13.1 Å². The van der Waals surface area contributed by atoms with Crippen LogP contribution in [-0.4, -0.2) is 54.5 Å². The normalized spacial score (nSPS) is 25.2. The molecular weight excluding hydrogens is 321 g/mol. The number of nitrogens with zero attached hydrogens (tertiary/aromatic N) is 3. The second-order valence-electron chi connectivity index (χ2n) is 7.13. The van der Waals surface area contributed by atoms with E-state index in [9.17, 15) is 9.18 Å². The van der Waals surface area contributed by atoms with Gasteiger partial charge >= 0.3 is 0 Å². The molecule has 1 spiro atoms. The zero-order valence-corrected chi connectivity index (χ0v) is 14.3. The van der Waals surface area contributed by atoms with Crippen molar-refractivity contribution in [2.75, 3.05) is 38.1 Å². The van der Waals surface area contributed by atoms with Crippen LogP contribution in [-0.2, 0) is 11.3 Å². The minimum Gasteiger partial charge on any atom is -0.472 e. The molecule has 2 aliphatic heterocycles. The molecular formula is C19H22FN3O2. The number of amides is 1. The summed E-state index contributed by atoms with van der Waals surface area (Å²) in [6, 6.07) is 8.29. The summed E-state index contributed by atoms with van der Waals surface area (Å²) in [6.07, 6.45) is 4.46. The maximum atomic E-state index is 13.6. The van der Waals surface area contributed by atoms with Crippen LogP contribution >= 0.6 is 0 Å². The number of likely N-dealkylation sites (tertiary alicyclic amines) is 1. The van der Waals surface area contributed by atoms with Crippen LogP contribution in [0.4, 0.5) is 10.1 Å². The first-order valence-electron chi connectivity index (χ1n) is 8.56. The lowest BCUT2D eigenvalue weighted by Crippen LogP contribution is -2.64. The lowest BCUT2D eigenvalue weighted by molar-refractivity contribution is -0.123. The van der Waals surface area contributed by atoms with Gasteiger partial charge < -0.3 is 9.32 Å². The van der Waals surface area contributed by atoms with Crippen LogP contribution in [0, 0.1) is 5.82 Å². The topological polar surface area (TPSA) is 39.9 Å². The largest absolute Gasteiger partial charge is 0.472 e. The number of furan rings is 1. The highest BCUT2D eigenvalue weighted by molar-refractivity contribution is 5.96. The maximum Gasteiger partial charge on any atom is 0.241 e. The number of hydrogen-bond acceptors (Lipinski definition) is 4. The van der Waals surface area contributed by atoms with E-state index in [1.165, 1.54) is 12.1 Å². The molecule has 1 aromatic carbocycles. The fourth-order valence-electron chi connectivity index (χ4n) is 4.00. The number of rotatable bonds is 3. The fraction of sp³-hybridized carbons (Fsp3) is 0.421. The van der Waals surface area contributed by atoms with E-state index < -0.39 is 0 Å². The SMILES string of the molecule is CN1CC(=O)N(c2cccc(F)c2)C[C@@]12CCN(Cc1ccoc1)C2. The molecule has 0 bridgehead atoms. The highest BCUT2D eigenvalue weighted by Crippen LogP contribution is 2.34. The Labute approximate surface area is 146 Å². The van der Waals surface area contributed by atoms with E-state index in [2.05, 4.69) is 9.80 Å². The molecule has 2 aromatic rings. The number of carbonyl (C=O) groups is 1. The van der Waals surface area contributed by atoms with Gasteiger partial charge in [0.05, 0.1) is 24.6 Å². The fourth-order valence-corrected chi connectivity index (χ4v) is 4.00. The van der Waals surface area contributed by atoms with Gasteiger partial charge in [0, 0.05) is 37.4 Å². The van der Waals surface area contributed by atoms with Gasteiger partial charge in [0.15, 0.2) is 0 Å². The van der Waals surface area contributed by atoms with E-state index in [4.69, 9.17) is 4.42 Å². The smallest absolute Gasteiger partial charge is 0.241 e. The minimum absolute atomic E-state index is 0.0204. The van der Waals surface area contributed by atoms with Gasteiger partial charge in [-0.25, -0.2) is 4.39 Å². The lowest BCUT2D eigenvalue weighted by Gasteiger charge is -2.47. The molecule has 6 heteroatoms. The van der Waals surface area contributed by atoms with E-state index in [1.54, 1.807) is 29.6 Å². The second kappa shape index (κ2) is 6.28. The molecule has 2 aliphatic rings. The summed E-state index contributed by atoms with van der Waals surface area (Å²) in [7, 11) is 2.02. The van der Waals surface area contributed by atoms with E-state index in [0.717, 1.165) is 31.6 Å². The monoisotopic (exact) mass is 343 g/mol. The van der Waals surface area contributed by atoms with Crippen LogP contribution in [0.25, 0.3) is 0 Å². The third-order valence-corrected chi connectivity index (χ3v) is 5.45. The first kappa shape index (κ1) is 16.3. The molecule has 0 saturated carbocycles. The zero-order valence-electron chi connectivity index (χ0n) is 14.3. The zero-order chi connectivity index (χ0) is 17.4. The number of halogens is 1. The Balaban J connectivity index is 1.54. The summed E-state index contributed by atoms with van der Waals surface area (Å²) < 4.78 is 18.8. The van der Waals surface area contributed by atoms with Crippen molar-refractivity contribution in [2.45, 2.75) is 18.5 Å². The molecule has 1 aromatic heterocycles. The van der Waals surface area contributed by atoms with Crippen molar-refractivity contribution in [2.24, 2.45) is 0 Å². The van der Waals surface area contributed by atoms with Gasteiger partial charge in [0.25, 0.3) is 0 Å². The second-order valence-corrected chi connectivity index (χ2v) is 7.13. The summed E-state index contributed by atoms with van der Waals surface area (Å²) in [5, 5.41) is 0. The van der Waals surface area contributed by atoms with E-state index >= 15 is 0 Å². The number of hydrogen-bond donors (Lipinski definition) is 0. The molecule has 0 N–H and O–H groups in total. The summed E-state index contributed by atoms with van der Waals surface area (Å²) in [5.41, 5.74) is 1.71. The molecule has 1 atom stereocenters. The number of likely N-dealkylation sites (N-methyl/N-ethyl adjacent to an activating group) is 1. The molecule has 0 aliphatic carbocycles. The van der Waals surface area contributed by atoms with Gasteiger partial charge in [-0.15, -0.1) is 0 Å². The number of piperazine rings is 1. The lowest BCUT2D eigenvalue weighted by atomic mass is 9.92. The number of anilines is 1. The molecule has 2 fully saturated rings. The Hall–Kier alpha value is -2.18. The van der Waals surface area contributed by atoms with Gasteiger partial charge in [-0.05, 0) is 37.7 Å². The number of carbonyl (C=O) groups excluding carboxylic acids is 1. The van der Waals surface area contributed by atoms with Gasteiger partial charge in [0.2, 0.25) is 5.91 Å². The van der Waals surface area contributed by atoms with Crippen LogP contribution in [0.2, 0.25) is 0 Å². The van der Waals surface area contributed by atoms with Crippen molar-refractivity contribution in [1.29, 1.82) is 0 Å². The molecule has 25 heavy (non-hydrogen) atoms. The van der Waals surface area contributed by atoms with Gasteiger partial charge in [0.1, 0.15) is 5.82 Å². The molecule has 132 valence electrons. The van der Waals surface area contributed by atoms with Crippen molar-refractivity contribution in [3.63, 3.8) is 0 Å². The quantitative estimate of drug-likeness (QED) is 0.858. The Morgan fingerprint density at radius 2 is 2.16 bits per heavy atom. The van der Waals surface area contributed by atoms with E-state index in [0.29, 0.717) is 18.8 Å². The summed E-state index contributed by atoms with van der Waals surface area (Å²) in [5.74, 6) is -0.293. The molecule has 3 heterocycles. The van der Waals surface area contributed by atoms with Crippen molar-refractivity contribution in [1.82, 2.24) is 9.80 Å². The molecule has 2 saturated heterocycles. The van der Waals surface area contributed by atoms with Crippen LogP contribution in [0.5, 0.6) is 0 Å². The average molecular weight is 343 g/mol. The minimum atomic E-state index is -0.314. The summed E-state index contributed by atoms with van der Waals surface area (Å²) in [4.78, 5) is 18.8. The van der Waals surface area contributed by atoms with Gasteiger partial charge in [-0.1, -0.05) is 6.07 Å². The van der Waals surface area contributed by atoms with Crippen molar-refractivity contribution >= 4 is 11.6 Å². The highest BCUT2D eigenvalue weighted by atomic mass is 19.1. The first-order chi connectivity index (χ1) is 12.1. The van der Waals surface area contributed by atoms with E-state index in [-0.39, 0.29) is 17.3 Å². The molecule has 5 nitrogen and oxygen atoms in total. The first-order valence-corrected chi connectivity index (χ1v) is 8.56. The van der Waals surface area contributed by atoms with Gasteiger partial charge in [-0.2, -0.15) is 0 Å². The Kier molecular flexibility index (Phi) is 4.09. The molecule has 0 unspecified atom stereocenters. The van der Waals surface area contributed by atoms with Crippen LogP contribution < -0.4 is 4.90 Å². The van der Waals surface area contributed by atoms with Crippen molar-refractivity contribution < 1.29 is 13.6 Å². The third kappa shape index (κ3) is 3.07. The predicted molar refractivity (Wildman–Crippen MR) is 92.7 cm³/mol. The Bertz CT molecular complexity index is 764. The maximum absolute atomic E-state index is 13.6. The highest BCUT2D eigenvalue weighted by Gasteiger charge is 2.47. The van der Waals surface area contributed by atoms with Crippen LogP contribution in [0.3, 0.4) is 0 Å². The van der Waals surface area contributed by atoms with Crippen LogP contribution in [0.15, 0.2) is 47.3 Å². The molecule has 1 amide bonds. The molecule has 0 radical (unpaired) electrons. The van der Waals surface area contributed by atoms with Gasteiger partial charge in [-0.3, -0.25) is 14.6 Å². The Morgan fingerprint density at radius 3 is 2.92 bits per heavy atom. The van der Waals surface area contributed by atoms with Crippen molar-refractivity contribution in [3.05, 3.63) is 54.2 Å². The average Bonchev–Trinajstić information content (AvgIpc) is 3.22. The Morgan fingerprint density at radius 1 is 1.28 bits per heavy atom. The standard InChI is InChI=1S/C19H22FN3O2/c1-21-11-18(24)23(17-4-2-3-16(20)9-17)14-19(21)6-7-22(13-19)10-15-5-8-25-12-15/h2-5,8-9,12H,6-7,10-11,13-14H2,1H3/t19-/m0/s1. The summed E-state index contributed by atoms with van der Waals surface area (Å²) in [6.45, 7) is 3.65. The van der Waals surface area contributed by atoms with Crippen molar-refractivity contribution in [3.8, 4) is 0 Å². The number of benzene rings is 1. The van der Waals surface area contributed by atoms with Crippen LogP contribution in [0.1, 0.15) is 12.0 Å². The molecule has 4 rings (SSSR count).